The van der Waals surface area contributed by atoms with Crippen LogP contribution in [0.2, 0.25) is 0 Å². The van der Waals surface area contributed by atoms with Gasteiger partial charge >= 0.3 is 0 Å². The van der Waals surface area contributed by atoms with Crippen LogP contribution in [0.5, 0.6) is 0 Å². The molecule has 4 heterocycles. The second-order valence-corrected chi connectivity index (χ2v) is 10.7. The molecule has 0 radical (unpaired) electrons. The Bertz CT molecular complexity index is 655. The summed E-state index contributed by atoms with van der Waals surface area (Å²) in [5.41, 5.74) is 0. The highest BCUT2D eigenvalue weighted by atomic mass is 32.2. The van der Waals surface area contributed by atoms with Crippen LogP contribution in [0.1, 0.15) is 43.4 Å². The van der Waals surface area contributed by atoms with Crippen molar-refractivity contribution in [3.63, 3.8) is 0 Å². The van der Waals surface area contributed by atoms with E-state index in [-0.39, 0.29) is 18.2 Å². The molecule has 140 valence electrons. The Balaban J connectivity index is 1.26. The zero-order valence-corrected chi connectivity index (χ0v) is 16.5. The van der Waals surface area contributed by atoms with E-state index >= 15 is 0 Å². The predicted octanol–water partition coefficient (Wildman–Crippen LogP) is 2.68. The van der Waals surface area contributed by atoms with Crippen LogP contribution in [0, 0.1) is 0 Å². The number of rotatable bonds is 5. The topological polar surface area (TPSA) is 49.9 Å². The molecule has 7 heteroatoms. The Morgan fingerprint density at radius 2 is 1.80 bits per heavy atom. The van der Waals surface area contributed by atoms with Gasteiger partial charge in [-0.05, 0) is 50.0 Å². The van der Waals surface area contributed by atoms with Gasteiger partial charge in [-0.1, -0.05) is 6.07 Å². The molecule has 3 aliphatic heterocycles. The summed E-state index contributed by atoms with van der Waals surface area (Å²) in [5, 5.41) is 2.14. The molecule has 0 spiro atoms. The van der Waals surface area contributed by atoms with Gasteiger partial charge < -0.3 is 4.74 Å². The quantitative estimate of drug-likeness (QED) is 0.783. The first-order chi connectivity index (χ1) is 12.0. The summed E-state index contributed by atoms with van der Waals surface area (Å²) in [4.78, 5) is 3.95. The maximum atomic E-state index is 12.0. The molecule has 0 aliphatic carbocycles. The fourth-order valence-corrected chi connectivity index (χ4v) is 7.05. The second-order valence-electron chi connectivity index (χ2n) is 7.76. The van der Waals surface area contributed by atoms with E-state index in [1.807, 2.05) is 11.3 Å². The lowest BCUT2D eigenvalue weighted by molar-refractivity contribution is -0.0695. The molecule has 0 amide bonds. The van der Waals surface area contributed by atoms with Crippen LogP contribution in [-0.4, -0.2) is 61.3 Å². The maximum Gasteiger partial charge on any atom is 0.211 e. The van der Waals surface area contributed by atoms with E-state index in [2.05, 4.69) is 22.4 Å². The first-order valence-electron chi connectivity index (χ1n) is 9.38. The Morgan fingerprint density at radius 3 is 2.36 bits per heavy atom. The summed E-state index contributed by atoms with van der Waals surface area (Å²) >= 11 is 1.83. The molecule has 4 rings (SSSR count). The van der Waals surface area contributed by atoms with Crippen molar-refractivity contribution in [3.8, 4) is 0 Å². The summed E-state index contributed by atoms with van der Waals surface area (Å²) in [5.74, 6) is 0. The molecule has 3 atom stereocenters. The van der Waals surface area contributed by atoms with Gasteiger partial charge in [0, 0.05) is 36.6 Å². The van der Waals surface area contributed by atoms with Crippen LogP contribution in [0.4, 0.5) is 0 Å². The van der Waals surface area contributed by atoms with Gasteiger partial charge in [0.15, 0.2) is 0 Å². The molecule has 0 aromatic carbocycles. The van der Waals surface area contributed by atoms with Gasteiger partial charge in [-0.2, -0.15) is 4.31 Å². The molecule has 25 heavy (non-hydrogen) atoms. The zero-order chi connectivity index (χ0) is 17.4. The molecular formula is C18H28N2O3S2. The van der Waals surface area contributed by atoms with E-state index in [1.165, 1.54) is 11.1 Å². The first kappa shape index (κ1) is 17.9. The van der Waals surface area contributed by atoms with Gasteiger partial charge in [-0.3, -0.25) is 4.90 Å². The Hall–Kier alpha value is -0.470. The van der Waals surface area contributed by atoms with Crippen molar-refractivity contribution in [2.45, 2.75) is 69.4 Å². The van der Waals surface area contributed by atoms with Crippen molar-refractivity contribution in [2.75, 3.05) is 19.3 Å². The lowest BCUT2D eigenvalue weighted by Crippen LogP contribution is -2.49. The molecule has 3 aliphatic rings. The lowest BCUT2D eigenvalue weighted by Gasteiger charge is -2.40. The predicted molar refractivity (Wildman–Crippen MR) is 100 cm³/mol. The van der Waals surface area contributed by atoms with E-state index in [4.69, 9.17) is 4.74 Å². The SMILES string of the molecule is CS(=O)(=O)N1[C@@H]2CC[C@H]1CC(OC1CCN(Cc3cccs3)CC1)C2. The summed E-state index contributed by atoms with van der Waals surface area (Å²) in [6, 6.07) is 4.65. The molecule has 2 bridgehead atoms. The lowest BCUT2D eigenvalue weighted by atomic mass is 10.0. The number of fused-ring (bicyclic) bond motifs is 2. The van der Waals surface area contributed by atoms with E-state index in [1.54, 1.807) is 4.31 Å². The monoisotopic (exact) mass is 384 g/mol. The van der Waals surface area contributed by atoms with Gasteiger partial charge in [-0.25, -0.2) is 8.42 Å². The number of piperidine rings is 2. The van der Waals surface area contributed by atoms with E-state index in [9.17, 15) is 8.42 Å². The number of likely N-dealkylation sites (tertiary alicyclic amines) is 1. The number of hydrogen-bond acceptors (Lipinski definition) is 5. The van der Waals surface area contributed by atoms with Crippen LogP contribution in [-0.2, 0) is 21.3 Å². The van der Waals surface area contributed by atoms with Crippen molar-refractivity contribution in [2.24, 2.45) is 0 Å². The van der Waals surface area contributed by atoms with Gasteiger partial charge in [0.05, 0.1) is 18.5 Å². The van der Waals surface area contributed by atoms with Crippen molar-refractivity contribution >= 4 is 21.4 Å². The molecule has 1 aromatic rings. The van der Waals surface area contributed by atoms with Crippen LogP contribution in [0.15, 0.2) is 17.5 Å². The molecule has 3 saturated heterocycles. The molecule has 5 nitrogen and oxygen atoms in total. The summed E-state index contributed by atoms with van der Waals surface area (Å²) in [6.07, 6.45) is 7.85. The molecule has 1 unspecified atom stereocenters. The van der Waals surface area contributed by atoms with Gasteiger partial charge in [0.2, 0.25) is 10.0 Å². The van der Waals surface area contributed by atoms with Gasteiger partial charge in [-0.15, -0.1) is 11.3 Å². The average Bonchev–Trinajstić information content (AvgIpc) is 3.16. The number of hydrogen-bond donors (Lipinski definition) is 0. The first-order valence-corrected chi connectivity index (χ1v) is 12.1. The van der Waals surface area contributed by atoms with Crippen LogP contribution < -0.4 is 0 Å². The summed E-state index contributed by atoms with van der Waals surface area (Å²) in [6.45, 7) is 3.25. The Labute approximate surface area is 155 Å². The van der Waals surface area contributed by atoms with Crippen molar-refractivity contribution < 1.29 is 13.2 Å². The molecule has 3 fully saturated rings. The van der Waals surface area contributed by atoms with Gasteiger partial charge in [0.1, 0.15) is 0 Å². The largest absolute Gasteiger partial charge is 0.375 e. The smallest absolute Gasteiger partial charge is 0.211 e. The zero-order valence-electron chi connectivity index (χ0n) is 14.8. The molecular weight excluding hydrogens is 356 g/mol. The third kappa shape index (κ3) is 4.11. The molecule has 1 aromatic heterocycles. The van der Waals surface area contributed by atoms with Crippen molar-refractivity contribution in [1.82, 2.24) is 9.21 Å². The normalized spacial score (nSPS) is 32.3. The fraction of sp³-hybridized carbons (Fsp3) is 0.778. The van der Waals surface area contributed by atoms with E-state index < -0.39 is 10.0 Å². The summed E-state index contributed by atoms with van der Waals surface area (Å²) in [7, 11) is -3.08. The third-order valence-electron chi connectivity index (χ3n) is 5.88. The highest BCUT2D eigenvalue weighted by Gasteiger charge is 2.46. The number of ether oxygens (including phenoxy) is 1. The highest BCUT2D eigenvalue weighted by molar-refractivity contribution is 7.88. The number of thiophene rings is 1. The van der Waals surface area contributed by atoms with Gasteiger partial charge in [0.25, 0.3) is 0 Å². The second kappa shape index (κ2) is 7.27. The van der Waals surface area contributed by atoms with Crippen LogP contribution in [0.25, 0.3) is 0 Å². The Kier molecular flexibility index (Phi) is 5.21. The minimum atomic E-state index is -3.08. The van der Waals surface area contributed by atoms with E-state index in [0.717, 1.165) is 58.2 Å². The minimum Gasteiger partial charge on any atom is -0.375 e. The Morgan fingerprint density at radius 1 is 1.12 bits per heavy atom. The fourth-order valence-electron chi connectivity index (χ4n) is 4.84. The summed E-state index contributed by atoms with van der Waals surface area (Å²) < 4.78 is 32.2. The van der Waals surface area contributed by atoms with Crippen LogP contribution >= 0.6 is 11.3 Å². The maximum absolute atomic E-state index is 12.0. The van der Waals surface area contributed by atoms with Crippen molar-refractivity contribution in [1.29, 1.82) is 0 Å². The third-order valence-corrected chi connectivity index (χ3v) is 8.11. The minimum absolute atomic E-state index is 0.165. The standard InChI is InChI=1S/C18H28N2O3S2/c1-25(21,22)20-14-4-5-15(20)12-17(11-14)23-16-6-8-19(9-7-16)13-18-3-2-10-24-18/h2-3,10,14-17H,4-9,11-13H2,1H3/t14-,15+,17?. The van der Waals surface area contributed by atoms with Crippen molar-refractivity contribution in [3.05, 3.63) is 22.4 Å². The van der Waals surface area contributed by atoms with E-state index in [0.29, 0.717) is 6.10 Å². The average molecular weight is 385 g/mol. The number of nitrogens with zero attached hydrogens (tertiary/aromatic N) is 2. The molecule has 0 saturated carbocycles. The molecule has 0 N–H and O–H groups in total. The van der Waals surface area contributed by atoms with Crippen LogP contribution in [0.3, 0.4) is 0 Å². The highest BCUT2D eigenvalue weighted by Crippen LogP contribution is 2.39. The number of sulfonamides is 1.